The summed E-state index contributed by atoms with van der Waals surface area (Å²) in [6.07, 6.45) is 0. The molecule has 0 fully saturated rings. The molecule has 0 aliphatic rings. The molecule has 5 rings (SSSR count). The van der Waals surface area contributed by atoms with Crippen molar-refractivity contribution in [3.8, 4) is 11.4 Å². The maximum Gasteiger partial charge on any atom is 0.160 e. The lowest BCUT2D eigenvalue weighted by molar-refractivity contribution is 0.211. The SMILES string of the molecule is On1c2ccccc2nc2cc3nc(-c4cccc(Br)c4)nc3cc21. The Balaban J connectivity index is 1.80. The fourth-order valence-corrected chi connectivity index (χ4v) is 3.40. The van der Waals surface area contributed by atoms with Gasteiger partial charge in [0.1, 0.15) is 11.0 Å². The first-order chi connectivity index (χ1) is 12.2. The molecule has 0 radical (unpaired) electrons. The lowest BCUT2D eigenvalue weighted by Crippen LogP contribution is -1.99. The number of nitrogens with zero attached hydrogens (tertiary/aromatic N) is 4. The summed E-state index contributed by atoms with van der Waals surface area (Å²) in [5.74, 6) is 0.653. The van der Waals surface area contributed by atoms with Crippen LogP contribution in [0.1, 0.15) is 0 Å². The second-order valence-corrected chi connectivity index (χ2v) is 6.72. The highest BCUT2D eigenvalue weighted by atomic mass is 79.9. The quantitative estimate of drug-likeness (QED) is 0.329. The van der Waals surface area contributed by atoms with Gasteiger partial charge in [-0.2, -0.15) is 4.73 Å². The van der Waals surface area contributed by atoms with Crippen molar-refractivity contribution in [2.45, 2.75) is 0 Å². The van der Waals surface area contributed by atoms with Gasteiger partial charge in [0.25, 0.3) is 0 Å². The van der Waals surface area contributed by atoms with E-state index in [4.69, 9.17) is 0 Å². The van der Waals surface area contributed by atoms with Gasteiger partial charge in [-0.1, -0.05) is 40.2 Å². The van der Waals surface area contributed by atoms with Gasteiger partial charge < -0.3 is 5.21 Å². The van der Waals surface area contributed by atoms with Gasteiger partial charge in [-0.15, -0.1) is 0 Å². The maximum absolute atomic E-state index is 10.6. The number of imidazole rings is 1. The zero-order valence-electron chi connectivity index (χ0n) is 12.9. The Labute approximate surface area is 150 Å². The van der Waals surface area contributed by atoms with E-state index in [2.05, 4.69) is 30.9 Å². The summed E-state index contributed by atoms with van der Waals surface area (Å²) >= 11 is 3.47. The average molecular weight is 391 g/mol. The number of halogens is 1. The molecule has 2 aromatic heterocycles. The van der Waals surface area contributed by atoms with Crippen LogP contribution in [0.15, 0.2) is 65.1 Å². The van der Waals surface area contributed by atoms with Crippen LogP contribution in [0.4, 0.5) is 0 Å². The Hall–Kier alpha value is -2.99. The van der Waals surface area contributed by atoms with E-state index >= 15 is 0 Å². The monoisotopic (exact) mass is 390 g/mol. The highest BCUT2D eigenvalue weighted by Gasteiger charge is 2.12. The van der Waals surface area contributed by atoms with Crippen LogP contribution in [0, 0.1) is 0 Å². The minimum absolute atomic E-state index is 0.604. The second kappa shape index (κ2) is 5.26. The lowest BCUT2D eigenvalue weighted by Gasteiger charge is -2.07. The Morgan fingerprint density at radius 2 is 1.52 bits per heavy atom. The molecule has 0 atom stereocenters. The van der Waals surface area contributed by atoms with Gasteiger partial charge in [0.2, 0.25) is 0 Å². The van der Waals surface area contributed by atoms with Crippen molar-refractivity contribution < 1.29 is 5.21 Å². The first-order valence-corrected chi connectivity index (χ1v) is 8.52. The van der Waals surface area contributed by atoms with Gasteiger partial charge in [0.15, 0.2) is 5.82 Å². The third kappa shape index (κ3) is 2.26. The van der Waals surface area contributed by atoms with Crippen LogP contribution >= 0.6 is 15.9 Å². The van der Waals surface area contributed by atoms with E-state index in [0.717, 1.165) is 31.3 Å². The van der Waals surface area contributed by atoms with Gasteiger partial charge in [-0.05, 0) is 36.4 Å². The molecule has 0 unspecified atom stereocenters. The van der Waals surface area contributed by atoms with Gasteiger partial charge in [-0.3, -0.25) is 0 Å². The number of para-hydroxylation sites is 2. The maximum atomic E-state index is 10.6. The predicted molar refractivity (Wildman–Crippen MR) is 101 cm³/mol. The third-order valence-electron chi connectivity index (χ3n) is 4.19. The first-order valence-electron chi connectivity index (χ1n) is 7.73. The third-order valence-corrected chi connectivity index (χ3v) is 4.68. The largest absolute Gasteiger partial charge is 0.428 e. The van der Waals surface area contributed by atoms with Gasteiger partial charge in [0.05, 0.1) is 22.1 Å². The van der Waals surface area contributed by atoms with Gasteiger partial charge in [-0.25, -0.2) is 15.0 Å². The summed E-state index contributed by atoms with van der Waals surface area (Å²) < 4.78 is 2.13. The Morgan fingerprint density at radius 1 is 0.720 bits per heavy atom. The zero-order valence-corrected chi connectivity index (χ0v) is 14.5. The molecule has 2 heterocycles. The number of hydrogen-bond acceptors (Lipinski definition) is 4. The Kier molecular flexibility index (Phi) is 3.02. The lowest BCUT2D eigenvalue weighted by atomic mass is 10.2. The molecular formula is C19H11BrN4O. The van der Waals surface area contributed by atoms with E-state index in [-0.39, 0.29) is 0 Å². The average Bonchev–Trinajstić information content (AvgIpc) is 3.03. The van der Waals surface area contributed by atoms with E-state index in [9.17, 15) is 5.21 Å². The summed E-state index contributed by atoms with van der Waals surface area (Å²) in [4.78, 5) is 13.9. The topological polar surface area (TPSA) is 63.8 Å². The number of benzene rings is 3. The molecule has 1 N–H and O–H groups in total. The van der Waals surface area contributed by atoms with Crippen molar-refractivity contribution in [2.24, 2.45) is 0 Å². The van der Waals surface area contributed by atoms with Crippen molar-refractivity contribution >= 4 is 49.0 Å². The van der Waals surface area contributed by atoms with Crippen molar-refractivity contribution in [1.82, 2.24) is 19.7 Å². The van der Waals surface area contributed by atoms with Crippen LogP contribution in [0.5, 0.6) is 0 Å². The van der Waals surface area contributed by atoms with Crippen LogP contribution in [0.3, 0.4) is 0 Å². The fourth-order valence-electron chi connectivity index (χ4n) is 3.00. The molecule has 0 aliphatic carbocycles. The number of fused-ring (bicyclic) bond motifs is 3. The van der Waals surface area contributed by atoms with E-state index < -0.39 is 0 Å². The predicted octanol–water partition coefficient (Wildman–Crippen LogP) is 4.80. The number of aromatic nitrogens is 4. The minimum atomic E-state index is 0.604. The van der Waals surface area contributed by atoms with Crippen molar-refractivity contribution in [3.05, 3.63) is 65.1 Å². The standard InChI is InChI=1S/C19H11BrN4O/c20-12-5-3-4-11(8-12)19-22-14-9-16-18(10-15(14)23-19)24(25)17-7-2-1-6-13(17)21-16/h1-10,25H. The molecule has 0 bridgehead atoms. The summed E-state index contributed by atoms with van der Waals surface area (Å²) in [5.41, 5.74) is 5.07. The molecule has 0 aliphatic heterocycles. The number of rotatable bonds is 1. The van der Waals surface area contributed by atoms with Gasteiger partial charge >= 0.3 is 0 Å². The fraction of sp³-hybridized carbons (Fsp3) is 0. The Bertz CT molecular complexity index is 1280. The van der Waals surface area contributed by atoms with Gasteiger partial charge in [0, 0.05) is 10.0 Å². The summed E-state index contributed by atoms with van der Waals surface area (Å²) in [5, 5.41) is 10.6. The van der Waals surface area contributed by atoms with E-state index in [0.29, 0.717) is 22.4 Å². The van der Waals surface area contributed by atoms with Crippen molar-refractivity contribution in [1.29, 1.82) is 0 Å². The van der Waals surface area contributed by atoms with E-state index in [1.807, 2.05) is 60.7 Å². The second-order valence-electron chi connectivity index (χ2n) is 5.80. The molecule has 3 aromatic carbocycles. The summed E-state index contributed by atoms with van der Waals surface area (Å²) in [7, 11) is 0. The normalized spacial score (nSPS) is 11.6. The molecule has 0 saturated carbocycles. The van der Waals surface area contributed by atoms with Crippen LogP contribution in [-0.4, -0.2) is 24.9 Å². The highest BCUT2D eigenvalue weighted by molar-refractivity contribution is 9.10. The number of hydrogen-bond donors (Lipinski definition) is 1. The molecule has 0 amide bonds. The molecule has 5 nitrogen and oxygen atoms in total. The molecule has 25 heavy (non-hydrogen) atoms. The van der Waals surface area contributed by atoms with Crippen molar-refractivity contribution in [2.75, 3.05) is 0 Å². The van der Waals surface area contributed by atoms with Crippen LogP contribution in [0.2, 0.25) is 0 Å². The highest BCUT2D eigenvalue weighted by Crippen LogP contribution is 2.27. The summed E-state index contributed by atoms with van der Waals surface area (Å²) in [6, 6.07) is 19.0. The first kappa shape index (κ1) is 14.4. The molecule has 6 heteroatoms. The summed E-state index contributed by atoms with van der Waals surface area (Å²) in [6.45, 7) is 0. The Morgan fingerprint density at radius 3 is 2.36 bits per heavy atom. The molecular weight excluding hydrogens is 380 g/mol. The molecule has 5 aromatic rings. The molecule has 0 spiro atoms. The van der Waals surface area contributed by atoms with E-state index in [1.54, 1.807) is 0 Å². The van der Waals surface area contributed by atoms with Crippen molar-refractivity contribution in [3.63, 3.8) is 0 Å². The van der Waals surface area contributed by atoms with Crippen LogP contribution in [-0.2, 0) is 0 Å². The molecule has 120 valence electrons. The molecule has 0 saturated heterocycles. The smallest absolute Gasteiger partial charge is 0.160 e. The minimum Gasteiger partial charge on any atom is -0.428 e. The van der Waals surface area contributed by atoms with Crippen LogP contribution in [0.25, 0.3) is 44.5 Å². The van der Waals surface area contributed by atoms with E-state index in [1.165, 1.54) is 0 Å². The zero-order chi connectivity index (χ0) is 17.0. The van der Waals surface area contributed by atoms with Crippen LogP contribution < -0.4 is 0 Å².